The van der Waals surface area contributed by atoms with Crippen molar-refractivity contribution in [1.82, 2.24) is 0 Å². The number of halogens is 1. The Kier molecular flexibility index (Phi) is 4.80. The summed E-state index contributed by atoms with van der Waals surface area (Å²) in [5.41, 5.74) is 5.89. The van der Waals surface area contributed by atoms with Gasteiger partial charge < -0.3 is 15.6 Å². The Morgan fingerprint density at radius 2 is 2.18 bits per heavy atom. The largest absolute Gasteiger partial charge is 0.489 e. The summed E-state index contributed by atoms with van der Waals surface area (Å²) in [6.07, 6.45) is 0.628. The van der Waals surface area contributed by atoms with Gasteiger partial charge in [0.15, 0.2) is 0 Å². The number of hydrogen-bond acceptors (Lipinski definition) is 3. The van der Waals surface area contributed by atoms with Gasteiger partial charge in [0.1, 0.15) is 12.4 Å². The van der Waals surface area contributed by atoms with E-state index in [0.717, 1.165) is 5.56 Å². The van der Waals surface area contributed by atoms with E-state index in [-0.39, 0.29) is 12.6 Å². The Labute approximate surface area is 108 Å². The average molecular weight is 258 g/mol. The van der Waals surface area contributed by atoms with Crippen molar-refractivity contribution in [3.05, 3.63) is 28.8 Å². The van der Waals surface area contributed by atoms with Gasteiger partial charge >= 0.3 is 0 Å². The summed E-state index contributed by atoms with van der Waals surface area (Å²) in [7, 11) is 0. The number of aliphatic hydroxyl groups is 1. The molecule has 2 atom stereocenters. The first-order valence-electron chi connectivity index (χ1n) is 5.76. The molecule has 0 fully saturated rings. The highest BCUT2D eigenvalue weighted by Crippen LogP contribution is 2.28. The molecule has 96 valence electrons. The fourth-order valence-corrected chi connectivity index (χ4v) is 1.50. The van der Waals surface area contributed by atoms with Crippen LogP contribution >= 0.6 is 11.6 Å². The highest BCUT2D eigenvalue weighted by molar-refractivity contribution is 6.32. The van der Waals surface area contributed by atoms with Gasteiger partial charge in [-0.2, -0.15) is 0 Å². The molecule has 0 aromatic heterocycles. The second kappa shape index (κ2) is 5.71. The maximum Gasteiger partial charge on any atom is 0.138 e. The number of hydrogen-bond donors (Lipinski definition) is 2. The van der Waals surface area contributed by atoms with E-state index in [9.17, 15) is 5.11 Å². The van der Waals surface area contributed by atoms with Crippen LogP contribution in [0.1, 0.15) is 38.8 Å². The third-order valence-corrected chi connectivity index (χ3v) is 3.08. The molecule has 0 spiro atoms. The predicted molar refractivity (Wildman–Crippen MR) is 70.5 cm³/mol. The lowest BCUT2D eigenvalue weighted by molar-refractivity contribution is 0.00850. The summed E-state index contributed by atoms with van der Waals surface area (Å²) in [6, 6.07) is 5.40. The second-order valence-electron chi connectivity index (χ2n) is 4.62. The van der Waals surface area contributed by atoms with E-state index in [1.54, 1.807) is 19.1 Å². The first-order valence-corrected chi connectivity index (χ1v) is 6.13. The molecule has 17 heavy (non-hydrogen) atoms. The molecule has 2 unspecified atom stereocenters. The monoisotopic (exact) mass is 257 g/mol. The van der Waals surface area contributed by atoms with E-state index in [1.165, 1.54) is 0 Å². The summed E-state index contributed by atoms with van der Waals surface area (Å²) in [4.78, 5) is 0. The highest BCUT2D eigenvalue weighted by atomic mass is 35.5. The topological polar surface area (TPSA) is 55.5 Å². The van der Waals surface area contributed by atoms with E-state index in [0.29, 0.717) is 17.2 Å². The van der Waals surface area contributed by atoms with Gasteiger partial charge in [-0.05, 0) is 38.0 Å². The van der Waals surface area contributed by atoms with Crippen LogP contribution in [-0.2, 0) is 0 Å². The fourth-order valence-electron chi connectivity index (χ4n) is 1.25. The van der Waals surface area contributed by atoms with Gasteiger partial charge in [0, 0.05) is 6.04 Å². The fraction of sp³-hybridized carbons (Fsp3) is 0.538. The average Bonchev–Trinajstić information content (AvgIpc) is 2.27. The van der Waals surface area contributed by atoms with Crippen molar-refractivity contribution in [3.8, 4) is 5.75 Å². The Bertz CT molecular complexity index is 378. The van der Waals surface area contributed by atoms with Crippen LogP contribution in [-0.4, -0.2) is 17.3 Å². The van der Waals surface area contributed by atoms with Crippen molar-refractivity contribution in [1.29, 1.82) is 0 Å². The minimum Gasteiger partial charge on any atom is -0.489 e. The first kappa shape index (κ1) is 14.3. The molecule has 0 amide bonds. The van der Waals surface area contributed by atoms with Gasteiger partial charge in [-0.1, -0.05) is 24.6 Å². The number of rotatable bonds is 5. The third-order valence-electron chi connectivity index (χ3n) is 2.78. The van der Waals surface area contributed by atoms with E-state index >= 15 is 0 Å². The van der Waals surface area contributed by atoms with Crippen molar-refractivity contribution < 1.29 is 9.84 Å². The molecular formula is C13H20ClNO2. The molecule has 0 radical (unpaired) electrons. The van der Waals surface area contributed by atoms with Crippen LogP contribution in [0, 0.1) is 0 Å². The molecule has 3 N–H and O–H groups in total. The van der Waals surface area contributed by atoms with Crippen molar-refractivity contribution in [2.24, 2.45) is 5.73 Å². The molecule has 3 nitrogen and oxygen atoms in total. The van der Waals surface area contributed by atoms with E-state index in [1.807, 2.05) is 19.9 Å². The minimum atomic E-state index is -0.830. The highest BCUT2D eigenvalue weighted by Gasteiger charge is 2.19. The Hall–Kier alpha value is -0.770. The van der Waals surface area contributed by atoms with Crippen molar-refractivity contribution in [2.75, 3.05) is 6.61 Å². The zero-order valence-corrected chi connectivity index (χ0v) is 11.3. The minimum absolute atomic E-state index is 0.0553. The maximum absolute atomic E-state index is 9.83. The van der Waals surface area contributed by atoms with Crippen molar-refractivity contribution in [2.45, 2.75) is 38.8 Å². The van der Waals surface area contributed by atoms with Gasteiger partial charge in [-0.3, -0.25) is 0 Å². The molecule has 1 aromatic rings. The number of benzene rings is 1. The van der Waals surface area contributed by atoms with Crippen molar-refractivity contribution in [3.63, 3.8) is 0 Å². The zero-order chi connectivity index (χ0) is 13.1. The van der Waals surface area contributed by atoms with Crippen LogP contribution in [0.25, 0.3) is 0 Å². The van der Waals surface area contributed by atoms with Gasteiger partial charge in [-0.15, -0.1) is 0 Å². The van der Waals surface area contributed by atoms with E-state index in [4.69, 9.17) is 22.1 Å². The van der Waals surface area contributed by atoms with Crippen LogP contribution < -0.4 is 10.5 Å². The summed E-state index contributed by atoms with van der Waals surface area (Å²) < 4.78 is 5.50. The molecule has 0 saturated carbocycles. The molecule has 0 aliphatic heterocycles. The van der Waals surface area contributed by atoms with Gasteiger partial charge in [0.2, 0.25) is 0 Å². The normalized spacial score (nSPS) is 16.4. The van der Waals surface area contributed by atoms with Crippen LogP contribution in [0.15, 0.2) is 18.2 Å². The summed E-state index contributed by atoms with van der Waals surface area (Å²) in [6.45, 7) is 5.76. The Morgan fingerprint density at radius 3 is 2.65 bits per heavy atom. The van der Waals surface area contributed by atoms with Gasteiger partial charge in [0.05, 0.1) is 10.6 Å². The van der Waals surface area contributed by atoms with Crippen LogP contribution in [0.5, 0.6) is 5.75 Å². The Balaban J connectivity index is 2.73. The Morgan fingerprint density at radius 1 is 1.53 bits per heavy atom. The first-order chi connectivity index (χ1) is 7.85. The predicted octanol–water partition coefficient (Wildman–Crippen LogP) is 2.90. The summed E-state index contributed by atoms with van der Waals surface area (Å²) in [5, 5.41) is 10.4. The van der Waals surface area contributed by atoms with Crippen molar-refractivity contribution >= 4 is 11.6 Å². The molecule has 0 heterocycles. The van der Waals surface area contributed by atoms with Crippen LogP contribution in [0.3, 0.4) is 0 Å². The lowest BCUT2D eigenvalue weighted by Gasteiger charge is -2.22. The molecular weight excluding hydrogens is 238 g/mol. The summed E-state index contributed by atoms with van der Waals surface area (Å²) in [5.74, 6) is 0.574. The molecule has 4 heteroatoms. The molecule has 0 aliphatic carbocycles. The molecule has 0 aliphatic rings. The van der Waals surface area contributed by atoms with Crippen LogP contribution in [0.2, 0.25) is 5.02 Å². The second-order valence-corrected chi connectivity index (χ2v) is 5.02. The van der Waals surface area contributed by atoms with E-state index < -0.39 is 5.60 Å². The lowest BCUT2D eigenvalue weighted by Crippen LogP contribution is -2.31. The molecule has 1 rings (SSSR count). The van der Waals surface area contributed by atoms with Crippen LogP contribution in [0.4, 0.5) is 0 Å². The third kappa shape index (κ3) is 4.19. The molecule has 0 saturated heterocycles. The number of ether oxygens (including phenoxy) is 1. The van der Waals surface area contributed by atoms with Gasteiger partial charge in [-0.25, -0.2) is 0 Å². The summed E-state index contributed by atoms with van der Waals surface area (Å²) >= 11 is 6.08. The molecule has 0 bridgehead atoms. The SMILES string of the molecule is CCC(C)(O)COc1ccc(C(C)N)cc1Cl. The zero-order valence-electron chi connectivity index (χ0n) is 10.5. The lowest BCUT2D eigenvalue weighted by atomic mass is 10.1. The quantitative estimate of drug-likeness (QED) is 0.853. The standard InChI is InChI=1S/C13H20ClNO2/c1-4-13(3,16)8-17-12-6-5-10(9(2)15)7-11(12)14/h5-7,9,16H,4,8,15H2,1-3H3. The smallest absolute Gasteiger partial charge is 0.138 e. The maximum atomic E-state index is 9.83. The van der Waals surface area contributed by atoms with E-state index in [2.05, 4.69) is 0 Å². The van der Waals surface area contributed by atoms with Gasteiger partial charge in [0.25, 0.3) is 0 Å². The number of nitrogens with two attached hydrogens (primary N) is 1. The molecule has 1 aromatic carbocycles.